The fraction of sp³-hybridized carbons (Fsp3) is 0.364. The van der Waals surface area contributed by atoms with Gasteiger partial charge in [0.05, 0.1) is 27.6 Å². The summed E-state index contributed by atoms with van der Waals surface area (Å²) in [5, 5.41) is 6.72. The maximum Gasteiger partial charge on any atom is 0.257 e. The fourth-order valence-electron chi connectivity index (χ4n) is 4.36. The predicted molar refractivity (Wildman–Crippen MR) is 121 cm³/mol. The summed E-state index contributed by atoms with van der Waals surface area (Å²) in [6.07, 6.45) is 2.52. The first-order valence-electron chi connectivity index (χ1n) is 10.4. The maximum absolute atomic E-state index is 13.5. The Kier molecular flexibility index (Phi) is 5.41. The molecule has 31 heavy (non-hydrogen) atoms. The number of rotatable bonds is 4. The number of hydrogen-bond acceptors (Lipinski definition) is 6. The first kappa shape index (κ1) is 20.4. The number of sulfone groups is 1. The molecule has 2 saturated heterocycles. The summed E-state index contributed by atoms with van der Waals surface area (Å²) in [4.78, 5) is 18.5. The second kappa shape index (κ2) is 8.22. The molecule has 0 saturated carbocycles. The number of aromatic nitrogens is 2. The van der Waals surface area contributed by atoms with E-state index < -0.39 is 9.84 Å². The fourth-order valence-corrected chi connectivity index (χ4v) is 6.85. The number of amides is 1. The zero-order chi connectivity index (χ0) is 21.4. The van der Waals surface area contributed by atoms with E-state index in [4.69, 9.17) is 5.10 Å². The lowest BCUT2D eigenvalue weighted by Crippen LogP contribution is -2.52. The van der Waals surface area contributed by atoms with Gasteiger partial charge in [-0.1, -0.05) is 24.3 Å². The highest BCUT2D eigenvalue weighted by atomic mass is 32.2. The standard InChI is InChI=1S/C22H24N4O3S2/c27-22(25-11-9-24(10-12-25)18-8-14-31(28,29)16-18)19-15-26(17-5-2-1-3-6-17)23-21(19)20-7-4-13-30-20/h1-7,13,15,18H,8-12,14,16H2/t18-/m0/s1. The van der Waals surface area contributed by atoms with Crippen LogP contribution in [0, 0.1) is 0 Å². The van der Waals surface area contributed by atoms with E-state index in [1.54, 1.807) is 16.0 Å². The molecule has 1 aromatic carbocycles. The summed E-state index contributed by atoms with van der Waals surface area (Å²) >= 11 is 1.57. The average Bonchev–Trinajstić information content (AvgIpc) is 3.53. The molecule has 162 valence electrons. The number of hydrogen-bond donors (Lipinski definition) is 0. The minimum atomic E-state index is -2.90. The highest BCUT2D eigenvalue weighted by molar-refractivity contribution is 7.91. The summed E-state index contributed by atoms with van der Waals surface area (Å²) in [6.45, 7) is 2.59. The molecule has 7 nitrogen and oxygen atoms in total. The average molecular weight is 457 g/mol. The van der Waals surface area contributed by atoms with Crippen LogP contribution in [0.3, 0.4) is 0 Å². The normalized spacial score (nSPS) is 21.4. The second-order valence-electron chi connectivity index (χ2n) is 8.03. The van der Waals surface area contributed by atoms with Crippen molar-refractivity contribution in [3.8, 4) is 16.3 Å². The van der Waals surface area contributed by atoms with Crippen molar-refractivity contribution in [2.24, 2.45) is 0 Å². The van der Waals surface area contributed by atoms with Gasteiger partial charge in [0.25, 0.3) is 5.91 Å². The molecule has 5 rings (SSSR count). The van der Waals surface area contributed by atoms with E-state index in [9.17, 15) is 13.2 Å². The second-order valence-corrected chi connectivity index (χ2v) is 11.2. The van der Waals surface area contributed by atoms with Gasteiger partial charge in [-0.25, -0.2) is 13.1 Å². The van der Waals surface area contributed by atoms with Crippen LogP contribution in [-0.4, -0.2) is 77.6 Å². The number of carbonyl (C=O) groups excluding carboxylic acids is 1. The topological polar surface area (TPSA) is 75.5 Å². The van der Waals surface area contributed by atoms with E-state index >= 15 is 0 Å². The molecule has 9 heteroatoms. The molecule has 1 amide bonds. The van der Waals surface area contributed by atoms with Crippen LogP contribution in [0.1, 0.15) is 16.8 Å². The van der Waals surface area contributed by atoms with E-state index in [0.717, 1.165) is 10.6 Å². The van der Waals surface area contributed by atoms with Crippen molar-refractivity contribution in [3.05, 3.63) is 59.6 Å². The third kappa shape index (κ3) is 4.17. The van der Waals surface area contributed by atoms with Gasteiger partial charge in [-0.15, -0.1) is 11.3 Å². The Labute approximate surface area is 185 Å². The quantitative estimate of drug-likeness (QED) is 0.603. The largest absolute Gasteiger partial charge is 0.336 e. The first-order valence-corrected chi connectivity index (χ1v) is 13.1. The Balaban J connectivity index is 1.36. The van der Waals surface area contributed by atoms with Crippen molar-refractivity contribution in [1.82, 2.24) is 19.6 Å². The molecule has 0 unspecified atom stereocenters. The van der Waals surface area contributed by atoms with Gasteiger partial charge in [0.1, 0.15) is 5.69 Å². The number of nitrogens with zero attached hydrogens (tertiary/aromatic N) is 4. The summed E-state index contributed by atoms with van der Waals surface area (Å²) in [5.74, 6) is 0.497. The van der Waals surface area contributed by atoms with Crippen LogP contribution < -0.4 is 0 Å². The number of piperazine rings is 1. The van der Waals surface area contributed by atoms with Gasteiger partial charge < -0.3 is 4.90 Å². The molecule has 4 heterocycles. The van der Waals surface area contributed by atoms with Gasteiger partial charge >= 0.3 is 0 Å². The van der Waals surface area contributed by atoms with Gasteiger partial charge in [0.2, 0.25) is 0 Å². The van der Waals surface area contributed by atoms with Crippen LogP contribution in [0.2, 0.25) is 0 Å². The van der Waals surface area contributed by atoms with Gasteiger partial charge in [-0.2, -0.15) is 5.10 Å². The van der Waals surface area contributed by atoms with Gasteiger partial charge in [0.15, 0.2) is 9.84 Å². The van der Waals surface area contributed by atoms with Crippen molar-refractivity contribution in [3.63, 3.8) is 0 Å². The van der Waals surface area contributed by atoms with Crippen LogP contribution in [0.25, 0.3) is 16.3 Å². The number of thiophene rings is 1. The van der Waals surface area contributed by atoms with E-state index in [1.165, 1.54) is 0 Å². The van der Waals surface area contributed by atoms with Crippen molar-refractivity contribution in [2.45, 2.75) is 12.5 Å². The molecule has 2 aromatic heterocycles. The van der Waals surface area contributed by atoms with Crippen LogP contribution in [-0.2, 0) is 9.84 Å². The molecule has 3 aromatic rings. The maximum atomic E-state index is 13.5. The van der Waals surface area contributed by atoms with Crippen molar-refractivity contribution in [2.75, 3.05) is 37.7 Å². The third-order valence-electron chi connectivity index (χ3n) is 6.05. The molecule has 0 N–H and O–H groups in total. The Morgan fingerprint density at radius 2 is 1.81 bits per heavy atom. The summed E-state index contributed by atoms with van der Waals surface area (Å²) in [6, 6.07) is 13.8. The summed E-state index contributed by atoms with van der Waals surface area (Å²) < 4.78 is 25.4. The third-order valence-corrected chi connectivity index (χ3v) is 8.67. The van der Waals surface area contributed by atoms with Crippen LogP contribution in [0.15, 0.2) is 54.0 Å². The Morgan fingerprint density at radius 1 is 1.03 bits per heavy atom. The Bertz CT molecular complexity index is 1160. The molecular weight excluding hydrogens is 432 g/mol. The van der Waals surface area contributed by atoms with E-state index in [1.807, 2.05) is 58.9 Å². The molecule has 2 aliphatic rings. The lowest BCUT2D eigenvalue weighted by Gasteiger charge is -2.37. The van der Waals surface area contributed by atoms with Crippen LogP contribution in [0.5, 0.6) is 0 Å². The van der Waals surface area contributed by atoms with Crippen LogP contribution in [0.4, 0.5) is 0 Å². The first-order chi connectivity index (χ1) is 15.0. The monoisotopic (exact) mass is 456 g/mol. The van der Waals surface area contributed by atoms with Gasteiger partial charge in [-0.3, -0.25) is 9.69 Å². The van der Waals surface area contributed by atoms with Gasteiger partial charge in [-0.05, 0) is 30.0 Å². The summed E-state index contributed by atoms with van der Waals surface area (Å²) in [7, 11) is -2.90. The number of benzene rings is 1. The minimum absolute atomic E-state index is 0.0238. The number of carbonyl (C=O) groups is 1. The molecule has 0 aliphatic carbocycles. The Hall–Kier alpha value is -2.49. The van der Waals surface area contributed by atoms with E-state index in [0.29, 0.717) is 43.9 Å². The zero-order valence-electron chi connectivity index (χ0n) is 17.1. The molecule has 2 aliphatic heterocycles. The predicted octanol–water partition coefficient (Wildman–Crippen LogP) is 2.55. The van der Waals surface area contributed by atoms with Crippen molar-refractivity contribution >= 4 is 27.1 Å². The van der Waals surface area contributed by atoms with Crippen LogP contribution >= 0.6 is 11.3 Å². The summed E-state index contributed by atoms with van der Waals surface area (Å²) in [5.41, 5.74) is 2.21. The molecule has 0 spiro atoms. The lowest BCUT2D eigenvalue weighted by atomic mass is 10.1. The molecule has 2 fully saturated rings. The zero-order valence-corrected chi connectivity index (χ0v) is 18.7. The van der Waals surface area contributed by atoms with E-state index in [-0.39, 0.29) is 23.5 Å². The van der Waals surface area contributed by atoms with E-state index in [2.05, 4.69) is 4.90 Å². The highest BCUT2D eigenvalue weighted by Gasteiger charge is 2.35. The molecule has 0 radical (unpaired) electrons. The lowest BCUT2D eigenvalue weighted by molar-refractivity contribution is 0.0588. The minimum Gasteiger partial charge on any atom is -0.336 e. The SMILES string of the molecule is O=C(c1cn(-c2ccccc2)nc1-c1cccs1)N1CCN([C@H]2CCS(=O)(=O)C2)CC1. The number of para-hydroxylation sites is 1. The molecular formula is C22H24N4O3S2. The Morgan fingerprint density at radius 3 is 2.45 bits per heavy atom. The van der Waals surface area contributed by atoms with Gasteiger partial charge in [0, 0.05) is 38.4 Å². The highest BCUT2D eigenvalue weighted by Crippen LogP contribution is 2.29. The molecule has 0 bridgehead atoms. The van der Waals surface area contributed by atoms with Crippen molar-refractivity contribution < 1.29 is 13.2 Å². The smallest absolute Gasteiger partial charge is 0.257 e. The van der Waals surface area contributed by atoms with Crippen molar-refractivity contribution in [1.29, 1.82) is 0 Å². The molecule has 1 atom stereocenters.